The van der Waals surface area contributed by atoms with E-state index in [-0.39, 0.29) is 13.2 Å². The molecular weight excluding hydrogens is 476 g/mol. The summed E-state index contributed by atoms with van der Waals surface area (Å²) in [5.74, 6) is -4.88. The summed E-state index contributed by atoms with van der Waals surface area (Å²) >= 11 is 3.67. The third-order valence-electron chi connectivity index (χ3n) is 1.85. The van der Waals surface area contributed by atoms with Gasteiger partial charge in [-0.25, -0.2) is 0 Å². The molecule has 0 fully saturated rings. The van der Waals surface area contributed by atoms with Crippen molar-refractivity contribution in [1.29, 1.82) is 0 Å². The van der Waals surface area contributed by atoms with E-state index in [1.165, 1.54) is 13.8 Å². The van der Waals surface area contributed by atoms with Crippen LogP contribution >= 0.6 is 31.9 Å². The summed E-state index contributed by atoms with van der Waals surface area (Å²) in [6.07, 6.45) is -1.82. The molecule has 0 spiro atoms. The summed E-state index contributed by atoms with van der Waals surface area (Å²) in [5.41, 5.74) is 0. The summed E-state index contributed by atoms with van der Waals surface area (Å²) in [6.45, 7) is 3.18. The molecule has 140 valence electrons. The predicted octanol–water partition coefficient (Wildman–Crippen LogP) is 2.99. The maximum atomic E-state index is 12.1. The fourth-order valence-corrected chi connectivity index (χ4v) is 1.17. The van der Waals surface area contributed by atoms with Crippen molar-refractivity contribution < 1.29 is 46.2 Å². The zero-order chi connectivity index (χ0) is 19.6. The molecule has 0 saturated carbocycles. The quantitative estimate of drug-likeness (QED) is 0.225. The van der Waals surface area contributed by atoms with Gasteiger partial charge in [0.1, 0.15) is 12.8 Å². The van der Waals surface area contributed by atoms with Gasteiger partial charge in [0.25, 0.3) is 0 Å². The van der Waals surface area contributed by atoms with Gasteiger partial charge in [0.05, 0.1) is 13.2 Å². The fraction of sp³-hybridized carbons (Fsp3) is 0.667. The van der Waals surface area contributed by atoms with Crippen LogP contribution in [0.3, 0.4) is 0 Å². The van der Waals surface area contributed by atoms with Crippen molar-refractivity contribution in [2.75, 3.05) is 13.2 Å². The molecule has 0 aliphatic heterocycles. The van der Waals surface area contributed by atoms with Crippen molar-refractivity contribution in [3.05, 3.63) is 0 Å². The van der Waals surface area contributed by atoms with Crippen molar-refractivity contribution >= 4 is 55.4 Å². The molecule has 0 radical (unpaired) electrons. The average Bonchev–Trinajstić information content (AvgIpc) is 2.37. The molecule has 24 heavy (non-hydrogen) atoms. The summed E-state index contributed by atoms with van der Waals surface area (Å²) in [4.78, 5) is 34.6. The summed E-state index contributed by atoms with van der Waals surface area (Å²) in [5, 5.41) is 0. The van der Waals surface area contributed by atoms with E-state index < -0.39 is 46.0 Å². The minimum Gasteiger partial charge on any atom is -0.466 e. The monoisotopic (exact) mass is 488 g/mol. The Hall–Kier alpha value is -1.04. The van der Waals surface area contributed by atoms with Crippen molar-refractivity contribution in [3.63, 3.8) is 0 Å². The van der Waals surface area contributed by atoms with Crippen LogP contribution in [-0.4, -0.2) is 46.4 Å². The van der Waals surface area contributed by atoms with Crippen LogP contribution in [0.1, 0.15) is 26.7 Å². The molecule has 0 heterocycles. The second kappa shape index (κ2) is 11.5. The highest BCUT2D eigenvalue weighted by Gasteiger charge is 2.36. The number of ketones is 2. The molecule has 6 nitrogen and oxygen atoms in total. The molecular formula is C12H14Br2F4O6. The van der Waals surface area contributed by atoms with Crippen LogP contribution in [0.15, 0.2) is 0 Å². The lowest BCUT2D eigenvalue weighted by Crippen LogP contribution is -2.24. The van der Waals surface area contributed by atoms with Crippen LogP contribution in [0.25, 0.3) is 0 Å². The number of ether oxygens (including phenoxy) is 2. The molecule has 0 N–H and O–H groups in total. The van der Waals surface area contributed by atoms with Gasteiger partial charge in [0.2, 0.25) is 11.6 Å². The number of rotatable bonds is 8. The van der Waals surface area contributed by atoms with E-state index in [9.17, 15) is 36.7 Å². The smallest absolute Gasteiger partial charge is 0.359 e. The molecule has 0 bridgehead atoms. The molecule has 0 aliphatic rings. The normalized spacial score (nSPS) is 11.0. The van der Waals surface area contributed by atoms with Gasteiger partial charge in [0, 0.05) is 0 Å². The number of esters is 2. The molecule has 0 rings (SSSR count). The number of hydrogen-bond donors (Lipinski definition) is 0. The molecule has 0 unspecified atom stereocenters. The summed E-state index contributed by atoms with van der Waals surface area (Å²) in [7, 11) is 0. The van der Waals surface area contributed by atoms with Gasteiger partial charge in [-0.1, -0.05) is 0 Å². The van der Waals surface area contributed by atoms with E-state index >= 15 is 0 Å². The second-order valence-electron chi connectivity index (χ2n) is 3.81. The SMILES string of the molecule is CCOC(=O)CC(=O)C(F)(F)Br.CCOC(=O)CC(=O)C(F)(F)Br. The van der Waals surface area contributed by atoms with Crippen molar-refractivity contribution in [2.45, 2.75) is 36.4 Å². The Labute approximate surface area is 151 Å². The highest BCUT2D eigenvalue weighted by Crippen LogP contribution is 2.24. The van der Waals surface area contributed by atoms with Gasteiger partial charge in [-0.3, -0.25) is 19.2 Å². The van der Waals surface area contributed by atoms with Crippen LogP contribution in [0.5, 0.6) is 0 Å². The largest absolute Gasteiger partial charge is 0.466 e. The van der Waals surface area contributed by atoms with Gasteiger partial charge in [-0.2, -0.15) is 17.6 Å². The summed E-state index contributed by atoms with van der Waals surface area (Å²) < 4.78 is 56.9. The number of carbonyl (C=O) groups is 4. The van der Waals surface area contributed by atoms with Crippen molar-refractivity contribution in [1.82, 2.24) is 0 Å². The Balaban J connectivity index is 0. The van der Waals surface area contributed by atoms with Crippen molar-refractivity contribution in [3.8, 4) is 0 Å². The molecule has 0 aromatic rings. The Morgan fingerprint density at radius 1 is 0.750 bits per heavy atom. The lowest BCUT2D eigenvalue weighted by molar-refractivity contribution is -0.150. The highest BCUT2D eigenvalue weighted by atomic mass is 79.9. The zero-order valence-corrected chi connectivity index (χ0v) is 15.7. The van der Waals surface area contributed by atoms with Crippen LogP contribution in [0.4, 0.5) is 17.6 Å². The van der Waals surface area contributed by atoms with Gasteiger partial charge in [0.15, 0.2) is 0 Å². The van der Waals surface area contributed by atoms with Crippen LogP contribution < -0.4 is 0 Å². The molecule has 0 saturated heterocycles. The molecule has 0 atom stereocenters. The molecule has 0 aliphatic carbocycles. The van der Waals surface area contributed by atoms with Crippen LogP contribution in [0, 0.1) is 0 Å². The first-order chi connectivity index (χ1) is 10.8. The second-order valence-corrected chi connectivity index (χ2v) is 5.80. The van der Waals surface area contributed by atoms with E-state index in [1.54, 1.807) is 0 Å². The van der Waals surface area contributed by atoms with Gasteiger partial charge in [-0.05, 0) is 45.7 Å². The average molecular weight is 490 g/mol. The van der Waals surface area contributed by atoms with E-state index in [2.05, 4.69) is 9.47 Å². The topological polar surface area (TPSA) is 86.7 Å². The third kappa shape index (κ3) is 13.4. The lowest BCUT2D eigenvalue weighted by atomic mass is 10.3. The highest BCUT2D eigenvalue weighted by molar-refractivity contribution is 9.10. The minimum atomic E-state index is -3.64. The lowest BCUT2D eigenvalue weighted by Gasteiger charge is -2.05. The number of Topliss-reactive ketones (excluding diaryl/α,β-unsaturated/α-hetero) is 2. The number of carbonyl (C=O) groups excluding carboxylic acids is 4. The van der Waals surface area contributed by atoms with Gasteiger partial charge >= 0.3 is 21.6 Å². The molecule has 0 aromatic heterocycles. The van der Waals surface area contributed by atoms with E-state index in [4.69, 9.17) is 0 Å². The van der Waals surface area contributed by atoms with Crippen molar-refractivity contribution in [2.24, 2.45) is 0 Å². The summed E-state index contributed by atoms with van der Waals surface area (Å²) in [6, 6.07) is 0. The number of hydrogen-bond acceptors (Lipinski definition) is 6. The van der Waals surface area contributed by atoms with Crippen LogP contribution in [-0.2, 0) is 28.7 Å². The number of halogens is 6. The third-order valence-corrected chi connectivity index (χ3v) is 2.74. The number of alkyl halides is 6. The molecule has 0 aromatic carbocycles. The Morgan fingerprint density at radius 3 is 1.17 bits per heavy atom. The Kier molecular flexibility index (Phi) is 12.1. The predicted molar refractivity (Wildman–Crippen MR) is 80.3 cm³/mol. The van der Waals surface area contributed by atoms with Crippen LogP contribution in [0.2, 0.25) is 0 Å². The van der Waals surface area contributed by atoms with E-state index in [0.717, 1.165) is 0 Å². The van der Waals surface area contributed by atoms with Gasteiger partial charge < -0.3 is 9.47 Å². The Bertz CT molecular complexity index is 417. The first-order valence-electron chi connectivity index (χ1n) is 6.26. The maximum Gasteiger partial charge on any atom is 0.359 e. The van der Waals surface area contributed by atoms with Gasteiger partial charge in [-0.15, -0.1) is 0 Å². The molecule has 12 heteroatoms. The first kappa shape index (κ1) is 25.2. The first-order valence-corrected chi connectivity index (χ1v) is 7.85. The van der Waals surface area contributed by atoms with E-state index in [1.807, 2.05) is 31.9 Å². The maximum absolute atomic E-state index is 12.1. The Morgan fingerprint density at radius 2 is 1.00 bits per heavy atom. The van der Waals surface area contributed by atoms with E-state index in [0.29, 0.717) is 0 Å². The zero-order valence-electron chi connectivity index (χ0n) is 12.5. The molecule has 0 amide bonds. The minimum absolute atomic E-state index is 0.0694. The fourth-order valence-electron chi connectivity index (χ4n) is 0.887. The standard InChI is InChI=1S/2C6H7BrF2O3/c2*1-2-12-5(11)3-4(10)6(7,8)9/h2*2-3H2,1H3.